The van der Waals surface area contributed by atoms with Gasteiger partial charge in [0.15, 0.2) is 0 Å². The summed E-state index contributed by atoms with van der Waals surface area (Å²) in [4.78, 5) is 24.5. The first kappa shape index (κ1) is 29.2. The summed E-state index contributed by atoms with van der Waals surface area (Å²) in [6.07, 6.45) is 7.80. The van der Waals surface area contributed by atoms with Crippen molar-refractivity contribution in [2.45, 2.75) is 77.6 Å². The van der Waals surface area contributed by atoms with Crippen LogP contribution in [0, 0.1) is 0 Å². The fraction of sp³-hybridized carbons (Fsp3) is 0.394. The standard InChI is InChI=1S/C33H38O7/c1-3-5-6-7-8-9-23-36-27-17-15-26(16-18-27)31(34)37-28-19-11-24(12-20-28)25-13-21-29(22-14-25)38-33(35)40-32-30(39-32)10-4-2/h11-22,30,32H,3-10,23H2,1-2H3/t30-,32-/m1/s1. The first-order valence-corrected chi connectivity index (χ1v) is 14.2. The lowest BCUT2D eigenvalue weighted by molar-refractivity contribution is 0.0561. The highest BCUT2D eigenvalue weighted by molar-refractivity contribution is 5.91. The summed E-state index contributed by atoms with van der Waals surface area (Å²) < 4.78 is 27.0. The van der Waals surface area contributed by atoms with Crippen molar-refractivity contribution in [2.75, 3.05) is 6.61 Å². The Balaban J connectivity index is 1.20. The minimum atomic E-state index is -0.780. The summed E-state index contributed by atoms with van der Waals surface area (Å²) in [6.45, 7) is 4.94. The van der Waals surface area contributed by atoms with E-state index in [-0.39, 0.29) is 6.10 Å². The molecule has 0 N–H and O–H groups in total. The third-order valence-electron chi connectivity index (χ3n) is 6.63. The Morgan fingerprint density at radius 3 is 1.88 bits per heavy atom. The van der Waals surface area contributed by atoms with Crippen LogP contribution in [0.4, 0.5) is 4.79 Å². The Labute approximate surface area is 236 Å². The minimum absolute atomic E-state index is 0.0261. The van der Waals surface area contributed by atoms with Crippen molar-refractivity contribution in [3.8, 4) is 28.4 Å². The highest BCUT2D eigenvalue weighted by Gasteiger charge is 2.42. The molecule has 0 aliphatic carbocycles. The van der Waals surface area contributed by atoms with Crippen LogP contribution in [0.1, 0.15) is 75.6 Å². The number of ether oxygens (including phenoxy) is 5. The maximum absolute atomic E-state index is 12.6. The van der Waals surface area contributed by atoms with Crippen molar-refractivity contribution in [3.63, 3.8) is 0 Å². The van der Waals surface area contributed by atoms with Crippen molar-refractivity contribution in [1.29, 1.82) is 0 Å². The third-order valence-corrected chi connectivity index (χ3v) is 6.63. The molecule has 0 spiro atoms. The van der Waals surface area contributed by atoms with Crippen LogP contribution in [0.2, 0.25) is 0 Å². The fourth-order valence-electron chi connectivity index (χ4n) is 4.29. The number of hydrogen-bond donors (Lipinski definition) is 0. The Bertz CT molecular complexity index is 1200. The van der Waals surface area contributed by atoms with Crippen LogP contribution < -0.4 is 14.2 Å². The van der Waals surface area contributed by atoms with Crippen molar-refractivity contribution in [3.05, 3.63) is 78.4 Å². The van der Waals surface area contributed by atoms with Gasteiger partial charge >= 0.3 is 12.1 Å². The molecule has 1 aliphatic heterocycles. The lowest BCUT2D eigenvalue weighted by Gasteiger charge is -2.09. The van der Waals surface area contributed by atoms with E-state index in [4.69, 9.17) is 23.7 Å². The van der Waals surface area contributed by atoms with Gasteiger partial charge in [-0.3, -0.25) is 0 Å². The zero-order chi connectivity index (χ0) is 28.2. The number of benzene rings is 3. The van der Waals surface area contributed by atoms with E-state index in [0.717, 1.165) is 36.1 Å². The molecule has 0 aromatic heterocycles. The van der Waals surface area contributed by atoms with Crippen LogP contribution in [0.3, 0.4) is 0 Å². The van der Waals surface area contributed by atoms with Gasteiger partial charge in [-0.1, -0.05) is 76.6 Å². The normalized spacial score (nSPS) is 15.8. The molecule has 1 saturated heterocycles. The first-order valence-electron chi connectivity index (χ1n) is 14.2. The SMILES string of the molecule is CCCCCCCCOc1ccc(C(=O)Oc2ccc(-c3ccc(OC(=O)O[C@H]4O[C@@H]4CCC)cc3)cc2)cc1. The zero-order valence-electron chi connectivity index (χ0n) is 23.3. The molecule has 0 amide bonds. The van der Waals surface area contributed by atoms with Gasteiger partial charge in [-0.05, 0) is 72.5 Å². The Hall–Kier alpha value is -3.84. The molecule has 3 aromatic rings. The molecule has 2 atom stereocenters. The molecule has 3 aromatic carbocycles. The molecule has 7 nitrogen and oxygen atoms in total. The zero-order valence-corrected chi connectivity index (χ0v) is 23.3. The van der Waals surface area contributed by atoms with Gasteiger partial charge in [0, 0.05) is 0 Å². The summed E-state index contributed by atoms with van der Waals surface area (Å²) in [6, 6.07) is 21.3. The molecular weight excluding hydrogens is 508 g/mol. The van der Waals surface area contributed by atoms with Gasteiger partial charge in [0.1, 0.15) is 23.4 Å². The van der Waals surface area contributed by atoms with Gasteiger partial charge in [0.05, 0.1) is 12.2 Å². The molecule has 1 aliphatic rings. The number of carbonyl (C=O) groups excluding carboxylic acids is 2. The van der Waals surface area contributed by atoms with Gasteiger partial charge in [-0.2, -0.15) is 0 Å². The van der Waals surface area contributed by atoms with Crippen LogP contribution in [0.25, 0.3) is 11.1 Å². The highest BCUT2D eigenvalue weighted by atomic mass is 16.8. The molecule has 1 heterocycles. The smallest absolute Gasteiger partial charge is 0.494 e. The monoisotopic (exact) mass is 546 g/mol. The van der Waals surface area contributed by atoms with E-state index in [1.165, 1.54) is 32.1 Å². The van der Waals surface area contributed by atoms with Crippen molar-refractivity contribution < 1.29 is 33.3 Å². The number of esters is 1. The molecular formula is C33H38O7. The highest BCUT2D eigenvalue weighted by Crippen LogP contribution is 2.29. The summed E-state index contributed by atoms with van der Waals surface area (Å²) >= 11 is 0. The summed E-state index contributed by atoms with van der Waals surface area (Å²) in [5, 5.41) is 0. The second-order valence-electron chi connectivity index (χ2n) is 9.88. The molecule has 0 unspecified atom stereocenters. The molecule has 212 valence electrons. The summed E-state index contributed by atoms with van der Waals surface area (Å²) in [7, 11) is 0. The molecule has 0 bridgehead atoms. The van der Waals surface area contributed by atoms with E-state index in [9.17, 15) is 9.59 Å². The molecule has 4 rings (SSSR count). The number of epoxide rings is 1. The van der Waals surface area contributed by atoms with Gasteiger partial charge in [0.25, 0.3) is 0 Å². The van der Waals surface area contributed by atoms with Crippen molar-refractivity contribution in [1.82, 2.24) is 0 Å². The number of hydrogen-bond acceptors (Lipinski definition) is 7. The van der Waals surface area contributed by atoms with Gasteiger partial charge in [0.2, 0.25) is 6.29 Å². The lowest BCUT2D eigenvalue weighted by atomic mass is 10.1. The summed E-state index contributed by atoms with van der Waals surface area (Å²) in [5.74, 6) is 1.15. The molecule has 1 fully saturated rings. The average molecular weight is 547 g/mol. The second-order valence-corrected chi connectivity index (χ2v) is 9.88. The molecule has 40 heavy (non-hydrogen) atoms. The Morgan fingerprint density at radius 2 is 1.25 bits per heavy atom. The maximum Gasteiger partial charge on any atom is 0.516 e. The molecule has 7 heteroatoms. The predicted molar refractivity (Wildman–Crippen MR) is 153 cm³/mol. The Kier molecular flexibility index (Phi) is 11.0. The summed E-state index contributed by atoms with van der Waals surface area (Å²) in [5.41, 5.74) is 2.30. The molecule has 0 saturated carbocycles. The van der Waals surface area contributed by atoms with Crippen LogP contribution in [0.5, 0.6) is 17.2 Å². The predicted octanol–water partition coefficient (Wildman–Crippen LogP) is 8.35. The van der Waals surface area contributed by atoms with Crippen LogP contribution in [0.15, 0.2) is 72.8 Å². The third kappa shape index (κ3) is 9.12. The number of carbonyl (C=O) groups is 2. The van der Waals surface area contributed by atoms with Crippen molar-refractivity contribution in [2.24, 2.45) is 0 Å². The van der Waals surface area contributed by atoms with Crippen LogP contribution >= 0.6 is 0 Å². The van der Waals surface area contributed by atoms with Crippen LogP contribution in [-0.2, 0) is 9.47 Å². The maximum atomic E-state index is 12.6. The van der Waals surface area contributed by atoms with E-state index < -0.39 is 18.4 Å². The topological polar surface area (TPSA) is 83.6 Å². The van der Waals surface area contributed by atoms with E-state index in [2.05, 4.69) is 6.92 Å². The van der Waals surface area contributed by atoms with E-state index in [1.807, 2.05) is 31.2 Å². The lowest BCUT2D eigenvalue weighted by Crippen LogP contribution is -2.14. The quantitative estimate of drug-likeness (QED) is 0.0622. The largest absolute Gasteiger partial charge is 0.516 e. The minimum Gasteiger partial charge on any atom is -0.494 e. The number of rotatable bonds is 15. The van der Waals surface area contributed by atoms with Gasteiger partial charge < -0.3 is 23.7 Å². The van der Waals surface area contributed by atoms with E-state index >= 15 is 0 Å². The molecule has 0 radical (unpaired) electrons. The second kappa shape index (κ2) is 15.1. The van der Waals surface area contributed by atoms with E-state index in [1.54, 1.807) is 48.5 Å². The van der Waals surface area contributed by atoms with Gasteiger partial charge in [-0.25, -0.2) is 9.59 Å². The first-order chi connectivity index (χ1) is 19.6. The number of unbranched alkanes of at least 4 members (excludes halogenated alkanes) is 5. The van der Waals surface area contributed by atoms with E-state index in [0.29, 0.717) is 23.7 Å². The average Bonchev–Trinajstić information content (AvgIpc) is 3.70. The van der Waals surface area contributed by atoms with Crippen LogP contribution in [-0.4, -0.2) is 31.1 Å². The van der Waals surface area contributed by atoms with Crippen molar-refractivity contribution >= 4 is 12.1 Å². The van der Waals surface area contributed by atoms with Gasteiger partial charge in [-0.15, -0.1) is 0 Å². The Morgan fingerprint density at radius 1 is 0.675 bits per heavy atom. The fourth-order valence-corrected chi connectivity index (χ4v) is 4.29.